The van der Waals surface area contributed by atoms with Gasteiger partial charge in [0.05, 0.1) is 24.5 Å². The van der Waals surface area contributed by atoms with Gasteiger partial charge in [-0.05, 0) is 61.9 Å². The molecule has 7 heteroatoms. The fraction of sp³-hybridized carbons (Fsp3) is 0.211. The standard InChI is InChI=1S/C19H19N3O4/c1-3-25-18-10-15(6-9-17(18)23)12-21-22-19(24)13(2)26-16-7-4-14(11-20)5-8-16/h4-10,12-13,23H,3H2,1-2H3,(H,22,24)/b21-12-/t13-/m1/s1. The van der Waals surface area contributed by atoms with Gasteiger partial charge in [-0.3, -0.25) is 4.79 Å². The number of rotatable bonds is 7. The number of phenols is 1. The summed E-state index contributed by atoms with van der Waals surface area (Å²) in [6.07, 6.45) is 0.674. The third-order valence-corrected chi connectivity index (χ3v) is 3.34. The molecule has 1 atom stereocenters. The van der Waals surface area contributed by atoms with E-state index < -0.39 is 12.0 Å². The predicted molar refractivity (Wildman–Crippen MR) is 96.3 cm³/mol. The molecular formula is C19H19N3O4. The molecule has 0 aliphatic carbocycles. The van der Waals surface area contributed by atoms with E-state index in [2.05, 4.69) is 10.5 Å². The van der Waals surface area contributed by atoms with Crippen LogP contribution in [0.4, 0.5) is 0 Å². The lowest BCUT2D eigenvalue weighted by Gasteiger charge is -2.12. The minimum absolute atomic E-state index is 0.0393. The Morgan fingerprint density at radius 2 is 2.08 bits per heavy atom. The third kappa shape index (κ3) is 5.24. The van der Waals surface area contributed by atoms with Gasteiger partial charge in [-0.1, -0.05) is 0 Å². The molecule has 0 bridgehead atoms. The molecule has 2 rings (SSSR count). The number of hydrazone groups is 1. The Bertz CT molecular complexity index is 826. The highest BCUT2D eigenvalue weighted by Crippen LogP contribution is 2.26. The summed E-state index contributed by atoms with van der Waals surface area (Å²) in [4.78, 5) is 12.0. The van der Waals surface area contributed by atoms with E-state index >= 15 is 0 Å². The van der Waals surface area contributed by atoms with Crippen LogP contribution in [0.1, 0.15) is 25.0 Å². The molecule has 0 aliphatic rings. The zero-order chi connectivity index (χ0) is 18.9. The second kappa shape index (κ2) is 9.08. The van der Waals surface area contributed by atoms with Crippen LogP contribution in [0.25, 0.3) is 0 Å². The number of nitriles is 1. The summed E-state index contributed by atoms with van der Waals surface area (Å²) >= 11 is 0. The van der Waals surface area contributed by atoms with Gasteiger partial charge in [-0.2, -0.15) is 10.4 Å². The first-order valence-corrected chi connectivity index (χ1v) is 7.99. The number of benzene rings is 2. The third-order valence-electron chi connectivity index (χ3n) is 3.34. The number of hydrogen-bond donors (Lipinski definition) is 2. The van der Waals surface area contributed by atoms with Crippen molar-refractivity contribution in [2.45, 2.75) is 20.0 Å². The molecule has 2 N–H and O–H groups in total. The highest BCUT2D eigenvalue weighted by atomic mass is 16.5. The zero-order valence-corrected chi connectivity index (χ0v) is 14.5. The molecule has 2 aromatic carbocycles. The molecule has 0 radical (unpaired) electrons. The molecule has 0 spiro atoms. The number of nitrogens with zero attached hydrogens (tertiary/aromatic N) is 2. The first kappa shape index (κ1) is 18.8. The average molecular weight is 353 g/mol. The topological polar surface area (TPSA) is 104 Å². The van der Waals surface area contributed by atoms with E-state index in [-0.39, 0.29) is 5.75 Å². The first-order valence-electron chi connectivity index (χ1n) is 7.99. The maximum absolute atomic E-state index is 12.0. The van der Waals surface area contributed by atoms with Gasteiger partial charge in [-0.25, -0.2) is 5.43 Å². The average Bonchev–Trinajstić information content (AvgIpc) is 2.65. The van der Waals surface area contributed by atoms with Crippen molar-refractivity contribution in [3.8, 4) is 23.3 Å². The summed E-state index contributed by atoms with van der Waals surface area (Å²) < 4.78 is 10.8. The van der Waals surface area contributed by atoms with Gasteiger partial charge in [0.2, 0.25) is 0 Å². The van der Waals surface area contributed by atoms with Crippen molar-refractivity contribution in [2.75, 3.05) is 6.61 Å². The molecule has 0 aromatic heterocycles. The summed E-state index contributed by atoms with van der Waals surface area (Å²) in [6, 6.07) is 13.2. The Labute approximate surface area is 151 Å². The fourth-order valence-electron chi connectivity index (χ4n) is 2.01. The van der Waals surface area contributed by atoms with Gasteiger partial charge in [-0.15, -0.1) is 0 Å². The normalized spacial score (nSPS) is 11.6. The van der Waals surface area contributed by atoms with Crippen molar-refractivity contribution in [2.24, 2.45) is 5.10 Å². The van der Waals surface area contributed by atoms with Crippen molar-refractivity contribution >= 4 is 12.1 Å². The summed E-state index contributed by atoms with van der Waals surface area (Å²) in [6.45, 7) is 3.83. The number of aromatic hydroxyl groups is 1. The van der Waals surface area contributed by atoms with Crippen molar-refractivity contribution in [3.63, 3.8) is 0 Å². The lowest BCUT2D eigenvalue weighted by molar-refractivity contribution is -0.127. The first-order chi connectivity index (χ1) is 12.5. The molecule has 0 unspecified atom stereocenters. The van der Waals surface area contributed by atoms with Crippen LogP contribution in [-0.2, 0) is 4.79 Å². The Balaban J connectivity index is 1.91. The molecule has 2 aromatic rings. The van der Waals surface area contributed by atoms with Crippen LogP contribution in [0.3, 0.4) is 0 Å². The Hall–Kier alpha value is -3.53. The van der Waals surface area contributed by atoms with Crippen LogP contribution in [0.15, 0.2) is 47.6 Å². The summed E-state index contributed by atoms with van der Waals surface area (Å²) in [5.74, 6) is 0.447. The van der Waals surface area contributed by atoms with Crippen molar-refractivity contribution in [1.29, 1.82) is 5.26 Å². The Morgan fingerprint density at radius 1 is 1.35 bits per heavy atom. The quantitative estimate of drug-likeness (QED) is 0.588. The number of phenolic OH excluding ortho intramolecular Hbond substituents is 1. The summed E-state index contributed by atoms with van der Waals surface area (Å²) in [5.41, 5.74) is 3.56. The van der Waals surface area contributed by atoms with Gasteiger partial charge < -0.3 is 14.6 Å². The highest BCUT2D eigenvalue weighted by Gasteiger charge is 2.13. The minimum Gasteiger partial charge on any atom is -0.504 e. The molecule has 7 nitrogen and oxygen atoms in total. The molecular weight excluding hydrogens is 334 g/mol. The van der Waals surface area contributed by atoms with E-state index in [0.717, 1.165) is 0 Å². The van der Waals surface area contributed by atoms with E-state index in [1.807, 2.05) is 13.0 Å². The summed E-state index contributed by atoms with van der Waals surface area (Å²) in [7, 11) is 0. The number of carbonyl (C=O) groups excluding carboxylic acids is 1. The van der Waals surface area contributed by atoms with E-state index in [9.17, 15) is 9.90 Å². The molecule has 0 aliphatic heterocycles. The maximum atomic E-state index is 12.0. The fourth-order valence-corrected chi connectivity index (χ4v) is 2.01. The Morgan fingerprint density at radius 3 is 2.73 bits per heavy atom. The van der Waals surface area contributed by atoms with Crippen molar-refractivity contribution in [1.82, 2.24) is 5.43 Å². The van der Waals surface area contributed by atoms with E-state index in [1.54, 1.807) is 43.3 Å². The molecule has 1 amide bonds. The van der Waals surface area contributed by atoms with E-state index in [0.29, 0.717) is 29.2 Å². The lowest BCUT2D eigenvalue weighted by atomic mass is 10.2. The van der Waals surface area contributed by atoms with Crippen LogP contribution in [-0.4, -0.2) is 29.9 Å². The van der Waals surface area contributed by atoms with Crippen LogP contribution < -0.4 is 14.9 Å². The Kier molecular flexibility index (Phi) is 6.57. The number of amides is 1. The number of hydrogen-bond acceptors (Lipinski definition) is 6. The molecule has 0 saturated carbocycles. The van der Waals surface area contributed by atoms with Crippen LogP contribution in [0, 0.1) is 11.3 Å². The second-order valence-electron chi connectivity index (χ2n) is 5.29. The lowest BCUT2D eigenvalue weighted by Crippen LogP contribution is -2.33. The van der Waals surface area contributed by atoms with Gasteiger partial charge in [0, 0.05) is 0 Å². The van der Waals surface area contributed by atoms with Crippen molar-refractivity contribution in [3.05, 3.63) is 53.6 Å². The van der Waals surface area contributed by atoms with Gasteiger partial charge in [0.25, 0.3) is 5.91 Å². The largest absolute Gasteiger partial charge is 0.504 e. The van der Waals surface area contributed by atoms with E-state index in [4.69, 9.17) is 14.7 Å². The smallest absolute Gasteiger partial charge is 0.280 e. The maximum Gasteiger partial charge on any atom is 0.280 e. The number of carbonyl (C=O) groups is 1. The SMILES string of the molecule is CCOc1cc(/C=N\NC(=O)[C@@H](C)Oc2ccc(C#N)cc2)ccc1O. The van der Waals surface area contributed by atoms with Gasteiger partial charge >= 0.3 is 0 Å². The van der Waals surface area contributed by atoms with Gasteiger partial charge in [0.15, 0.2) is 17.6 Å². The van der Waals surface area contributed by atoms with Crippen LogP contribution in [0.2, 0.25) is 0 Å². The minimum atomic E-state index is -0.765. The number of nitrogens with one attached hydrogen (secondary N) is 1. The summed E-state index contributed by atoms with van der Waals surface area (Å²) in [5, 5.41) is 22.3. The highest BCUT2D eigenvalue weighted by molar-refractivity contribution is 5.84. The zero-order valence-electron chi connectivity index (χ0n) is 14.5. The predicted octanol–water partition coefficient (Wildman–Crippen LogP) is 2.58. The van der Waals surface area contributed by atoms with Gasteiger partial charge in [0.1, 0.15) is 5.75 Å². The number of ether oxygens (including phenoxy) is 2. The molecule has 0 saturated heterocycles. The monoisotopic (exact) mass is 353 g/mol. The molecule has 134 valence electrons. The van der Waals surface area contributed by atoms with Crippen LogP contribution >= 0.6 is 0 Å². The van der Waals surface area contributed by atoms with Crippen LogP contribution in [0.5, 0.6) is 17.2 Å². The molecule has 26 heavy (non-hydrogen) atoms. The van der Waals surface area contributed by atoms with E-state index in [1.165, 1.54) is 12.3 Å². The second-order valence-corrected chi connectivity index (χ2v) is 5.29. The molecule has 0 heterocycles. The van der Waals surface area contributed by atoms with Crippen molar-refractivity contribution < 1.29 is 19.4 Å². The molecule has 0 fully saturated rings.